The van der Waals surface area contributed by atoms with Crippen LogP contribution in [-0.2, 0) is 6.42 Å². The standard InChI is InChI=1S/C30H24Cl2F2N6O/c1-35-18-9-10-40(15-18)29(41)21-11-17(6-8-23(21)31)38-30-37-13-16-5-7-19-20(27-24(33)3-2-4-25(27)34)12-26(32)36-14-22(19)28(16)39-30/h2-4,6-8,11-14,18,35H,5,9-10,15H2,1H3,(H,37,38,39). The van der Waals surface area contributed by atoms with E-state index in [0.717, 1.165) is 12.0 Å². The van der Waals surface area contributed by atoms with Gasteiger partial charge in [-0.25, -0.2) is 23.7 Å². The Labute approximate surface area is 245 Å². The molecule has 0 bridgehead atoms. The van der Waals surface area contributed by atoms with Crippen LogP contribution in [0.3, 0.4) is 0 Å². The Kier molecular flexibility index (Phi) is 7.42. The van der Waals surface area contributed by atoms with Crippen LogP contribution in [0.2, 0.25) is 5.02 Å². The molecule has 3 aromatic rings. The molecule has 1 unspecified atom stereocenters. The van der Waals surface area contributed by atoms with Crippen molar-refractivity contribution in [3.63, 3.8) is 0 Å². The number of allylic oxidation sites excluding steroid dienone is 5. The lowest BCUT2D eigenvalue weighted by molar-refractivity contribution is 0.0790. The fourth-order valence-corrected chi connectivity index (χ4v) is 5.61. The van der Waals surface area contributed by atoms with Crippen molar-refractivity contribution in [1.82, 2.24) is 20.2 Å². The number of rotatable bonds is 5. The van der Waals surface area contributed by atoms with Crippen LogP contribution in [-0.4, -0.2) is 52.1 Å². The number of benzene rings is 2. The first kappa shape index (κ1) is 27.3. The van der Waals surface area contributed by atoms with Gasteiger partial charge in [0.1, 0.15) is 16.8 Å². The first-order chi connectivity index (χ1) is 19.8. The highest BCUT2D eigenvalue weighted by molar-refractivity contribution is 6.69. The summed E-state index contributed by atoms with van der Waals surface area (Å²) in [5.41, 5.74) is 3.54. The number of nitrogens with one attached hydrogen (secondary N) is 2. The molecular weight excluding hydrogens is 569 g/mol. The molecule has 0 radical (unpaired) electrons. The van der Waals surface area contributed by atoms with E-state index in [1.54, 1.807) is 35.5 Å². The van der Waals surface area contributed by atoms with Crippen molar-refractivity contribution >= 4 is 57.1 Å². The predicted octanol–water partition coefficient (Wildman–Crippen LogP) is 6.14. The Morgan fingerprint density at radius 3 is 2.66 bits per heavy atom. The van der Waals surface area contributed by atoms with E-state index in [0.29, 0.717) is 52.6 Å². The summed E-state index contributed by atoms with van der Waals surface area (Å²) in [6.45, 7) is 1.26. The zero-order chi connectivity index (χ0) is 28.7. The van der Waals surface area contributed by atoms with E-state index in [4.69, 9.17) is 28.2 Å². The maximum absolute atomic E-state index is 14.8. The van der Waals surface area contributed by atoms with Gasteiger partial charge in [0.15, 0.2) is 0 Å². The second kappa shape index (κ2) is 11.2. The van der Waals surface area contributed by atoms with E-state index in [1.807, 2.05) is 13.1 Å². The molecule has 41 heavy (non-hydrogen) atoms. The monoisotopic (exact) mass is 592 g/mol. The summed E-state index contributed by atoms with van der Waals surface area (Å²) in [4.78, 5) is 28.4. The molecule has 1 aliphatic carbocycles. The van der Waals surface area contributed by atoms with Crippen molar-refractivity contribution in [3.8, 4) is 0 Å². The summed E-state index contributed by atoms with van der Waals surface area (Å²) >= 11 is 12.7. The number of fused-ring (bicyclic) bond motifs is 3. The minimum atomic E-state index is -0.706. The Bertz CT molecular complexity index is 1680. The number of anilines is 2. The zero-order valence-corrected chi connectivity index (χ0v) is 23.4. The molecule has 2 aliphatic heterocycles. The molecule has 1 fully saturated rings. The topological polar surface area (TPSA) is 82.5 Å². The van der Waals surface area contributed by atoms with Gasteiger partial charge in [0, 0.05) is 48.4 Å². The molecule has 6 rings (SSSR count). The number of carbonyl (C=O) groups excluding carboxylic acids is 1. The smallest absolute Gasteiger partial charge is 0.255 e. The van der Waals surface area contributed by atoms with Crippen molar-refractivity contribution in [3.05, 3.63) is 106 Å². The number of nitrogens with zero attached hydrogens (tertiary/aromatic N) is 4. The molecule has 1 atom stereocenters. The van der Waals surface area contributed by atoms with Crippen LogP contribution in [0.4, 0.5) is 20.4 Å². The van der Waals surface area contributed by atoms with Gasteiger partial charge >= 0.3 is 0 Å². The Morgan fingerprint density at radius 2 is 1.90 bits per heavy atom. The molecule has 11 heteroatoms. The summed E-state index contributed by atoms with van der Waals surface area (Å²) in [7, 11) is 1.88. The first-order valence-corrected chi connectivity index (χ1v) is 13.8. The van der Waals surface area contributed by atoms with Gasteiger partial charge in [-0.3, -0.25) is 4.79 Å². The van der Waals surface area contributed by atoms with E-state index in [1.165, 1.54) is 24.3 Å². The number of likely N-dealkylation sites (N-methyl/N-ethyl adjacent to an activating group) is 1. The normalized spacial score (nSPS) is 18.0. The SMILES string of the molecule is CNC1CCN(C(=O)c2cc(Nc3ncc4c(n3)C3=CN=C(Cl)C=C(c5c(F)cccc5F)C3=CC4)ccc2Cl)C1. The molecule has 2 N–H and O–H groups in total. The van der Waals surface area contributed by atoms with Crippen LogP contribution in [0.1, 0.15) is 33.6 Å². The second-order valence-corrected chi connectivity index (χ2v) is 10.7. The molecule has 0 spiro atoms. The Hall–Kier alpha value is -3.92. The third kappa shape index (κ3) is 5.28. The molecule has 7 nitrogen and oxygen atoms in total. The molecule has 3 aliphatic rings. The van der Waals surface area contributed by atoms with Crippen molar-refractivity contribution < 1.29 is 13.6 Å². The number of aliphatic imine (C=N–C) groups is 1. The third-order valence-electron chi connectivity index (χ3n) is 7.38. The van der Waals surface area contributed by atoms with Gasteiger partial charge in [-0.05, 0) is 67.4 Å². The highest BCUT2D eigenvalue weighted by Crippen LogP contribution is 2.41. The lowest BCUT2D eigenvalue weighted by Crippen LogP contribution is -2.33. The fraction of sp³-hybridized carbons (Fsp3) is 0.200. The van der Waals surface area contributed by atoms with Crippen LogP contribution in [0, 0.1) is 11.6 Å². The van der Waals surface area contributed by atoms with Gasteiger partial charge in [-0.2, -0.15) is 0 Å². The minimum absolute atomic E-state index is 0.0804. The first-order valence-electron chi connectivity index (χ1n) is 13.0. The quantitative estimate of drug-likeness (QED) is 0.371. The summed E-state index contributed by atoms with van der Waals surface area (Å²) in [6.07, 6.45) is 7.86. The van der Waals surface area contributed by atoms with Crippen LogP contribution < -0.4 is 10.6 Å². The maximum atomic E-state index is 14.8. The van der Waals surface area contributed by atoms with E-state index in [9.17, 15) is 13.6 Å². The maximum Gasteiger partial charge on any atom is 0.255 e. The number of likely N-dealkylation sites (tertiary alicyclic amines) is 1. The van der Waals surface area contributed by atoms with Gasteiger partial charge in [0.2, 0.25) is 5.95 Å². The third-order valence-corrected chi connectivity index (χ3v) is 7.91. The number of aromatic nitrogens is 2. The van der Waals surface area contributed by atoms with E-state index >= 15 is 0 Å². The van der Waals surface area contributed by atoms with Crippen molar-refractivity contribution in [1.29, 1.82) is 0 Å². The van der Waals surface area contributed by atoms with Crippen LogP contribution >= 0.6 is 23.2 Å². The number of carbonyl (C=O) groups is 1. The molecule has 0 saturated carbocycles. The zero-order valence-electron chi connectivity index (χ0n) is 21.9. The molecule has 208 valence electrons. The van der Waals surface area contributed by atoms with E-state index in [-0.39, 0.29) is 34.2 Å². The number of hydrogen-bond donors (Lipinski definition) is 2. The Morgan fingerprint density at radius 1 is 1.10 bits per heavy atom. The summed E-state index contributed by atoms with van der Waals surface area (Å²) in [6, 6.07) is 9.05. The van der Waals surface area contributed by atoms with Crippen LogP contribution in [0.25, 0.3) is 11.1 Å². The van der Waals surface area contributed by atoms with Gasteiger partial charge in [-0.15, -0.1) is 0 Å². The van der Waals surface area contributed by atoms with E-state index in [2.05, 4.69) is 20.6 Å². The van der Waals surface area contributed by atoms with Crippen molar-refractivity contribution in [2.24, 2.45) is 4.99 Å². The summed E-state index contributed by atoms with van der Waals surface area (Å²) in [5.74, 6) is -1.29. The average Bonchev–Trinajstić information content (AvgIpc) is 3.39. The van der Waals surface area contributed by atoms with Crippen molar-refractivity contribution in [2.75, 3.05) is 25.5 Å². The van der Waals surface area contributed by atoms with Crippen molar-refractivity contribution in [2.45, 2.75) is 18.9 Å². The fourth-order valence-electron chi connectivity index (χ4n) is 5.25. The lowest BCUT2D eigenvalue weighted by atomic mass is 9.84. The predicted molar refractivity (Wildman–Crippen MR) is 158 cm³/mol. The number of hydrogen-bond acceptors (Lipinski definition) is 6. The number of amides is 1. The van der Waals surface area contributed by atoms with Gasteiger partial charge in [0.25, 0.3) is 5.91 Å². The van der Waals surface area contributed by atoms with E-state index < -0.39 is 11.6 Å². The summed E-state index contributed by atoms with van der Waals surface area (Å²) < 4.78 is 29.6. The molecular formula is C30H24Cl2F2N6O. The van der Waals surface area contributed by atoms with Crippen LogP contribution in [0.15, 0.2) is 71.5 Å². The van der Waals surface area contributed by atoms with Gasteiger partial charge < -0.3 is 15.5 Å². The molecule has 2 aromatic carbocycles. The minimum Gasteiger partial charge on any atom is -0.337 e. The largest absolute Gasteiger partial charge is 0.337 e. The molecule has 3 heterocycles. The van der Waals surface area contributed by atoms with Gasteiger partial charge in [-0.1, -0.05) is 35.3 Å². The molecule has 1 amide bonds. The number of halogens is 4. The average molecular weight is 593 g/mol. The van der Waals surface area contributed by atoms with Gasteiger partial charge in [0.05, 0.1) is 21.8 Å². The highest BCUT2D eigenvalue weighted by Gasteiger charge is 2.29. The van der Waals surface area contributed by atoms with Crippen LogP contribution in [0.5, 0.6) is 0 Å². The Balaban J connectivity index is 1.31. The molecule has 1 saturated heterocycles. The second-order valence-electron chi connectivity index (χ2n) is 9.88. The molecule has 1 aromatic heterocycles. The highest BCUT2D eigenvalue weighted by atomic mass is 35.5. The summed E-state index contributed by atoms with van der Waals surface area (Å²) in [5, 5.41) is 6.80. The lowest BCUT2D eigenvalue weighted by Gasteiger charge is -2.22.